The number of ether oxygens (including phenoxy) is 2. The number of methoxy groups -OCH3 is 1. The Bertz CT molecular complexity index is 1470. The maximum Gasteiger partial charge on any atom is 0.294 e. The van der Waals surface area contributed by atoms with E-state index in [1.807, 2.05) is 6.07 Å². The number of rotatable bonds is 9. The second-order valence-electron chi connectivity index (χ2n) is 8.05. The molecule has 0 saturated carbocycles. The van der Waals surface area contributed by atoms with Crippen LogP contribution in [0.3, 0.4) is 0 Å². The molecular formula is C27H21F2N3O6S. The molecule has 3 aromatic rings. The van der Waals surface area contributed by atoms with Crippen molar-refractivity contribution in [2.75, 3.05) is 30.9 Å². The zero-order chi connectivity index (χ0) is 27.9. The molecule has 4 amide bonds. The molecule has 0 atom stereocenters. The van der Waals surface area contributed by atoms with Gasteiger partial charge in [-0.05, 0) is 59.8 Å². The Morgan fingerprint density at radius 3 is 2.44 bits per heavy atom. The van der Waals surface area contributed by atoms with Gasteiger partial charge in [0.1, 0.15) is 18.2 Å². The Labute approximate surface area is 225 Å². The number of nitrogens with zero attached hydrogens (tertiary/aromatic N) is 1. The Hall–Kier alpha value is -4.71. The number of imide groups is 1. The molecule has 1 fully saturated rings. The summed E-state index contributed by atoms with van der Waals surface area (Å²) in [7, 11) is 1.41. The first-order valence-corrected chi connectivity index (χ1v) is 12.2. The van der Waals surface area contributed by atoms with E-state index in [0.717, 1.165) is 12.1 Å². The van der Waals surface area contributed by atoms with Crippen LogP contribution in [0.2, 0.25) is 0 Å². The Morgan fingerprint density at radius 1 is 0.949 bits per heavy atom. The Morgan fingerprint density at radius 2 is 1.72 bits per heavy atom. The van der Waals surface area contributed by atoms with Gasteiger partial charge < -0.3 is 20.1 Å². The molecule has 200 valence electrons. The van der Waals surface area contributed by atoms with Crippen LogP contribution in [0.4, 0.5) is 25.0 Å². The topological polar surface area (TPSA) is 114 Å². The lowest BCUT2D eigenvalue weighted by molar-refractivity contribution is -0.127. The van der Waals surface area contributed by atoms with Gasteiger partial charge in [-0.2, -0.15) is 0 Å². The summed E-state index contributed by atoms with van der Waals surface area (Å²) >= 11 is 0.633. The van der Waals surface area contributed by atoms with Gasteiger partial charge in [0.25, 0.3) is 17.1 Å². The fourth-order valence-corrected chi connectivity index (χ4v) is 4.31. The van der Waals surface area contributed by atoms with Crippen molar-refractivity contribution in [2.45, 2.75) is 0 Å². The third-order valence-electron chi connectivity index (χ3n) is 5.28. The predicted octanol–water partition coefficient (Wildman–Crippen LogP) is 4.67. The van der Waals surface area contributed by atoms with Gasteiger partial charge in [0.05, 0.1) is 17.7 Å². The van der Waals surface area contributed by atoms with Crippen molar-refractivity contribution in [3.8, 4) is 11.5 Å². The lowest BCUT2D eigenvalue weighted by Gasteiger charge is -2.13. The van der Waals surface area contributed by atoms with E-state index in [4.69, 9.17) is 9.47 Å². The van der Waals surface area contributed by atoms with E-state index in [-0.39, 0.29) is 34.6 Å². The lowest BCUT2D eigenvalue weighted by Crippen LogP contribution is -2.36. The third kappa shape index (κ3) is 6.99. The van der Waals surface area contributed by atoms with Crippen molar-refractivity contribution in [2.24, 2.45) is 0 Å². The first kappa shape index (κ1) is 27.3. The van der Waals surface area contributed by atoms with E-state index in [0.29, 0.717) is 34.0 Å². The Balaban J connectivity index is 1.39. The van der Waals surface area contributed by atoms with E-state index < -0.39 is 35.2 Å². The van der Waals surface area contributed by atoms with Crippen LogP contribution in [-0.2, 0) is 14.4 Å². The number of nitrogens with one attached hydrogen (secondary N) is 2. The second-order valence-corrected chi connectivity index (χ2v) is 9.05. The molecule has 1 aliphatic rings. The number of benzene rings is 3. The van der Waals surface area contributed by atoms with E-state index in [2.05, 4.69) is 10.6 Å². The van der Waals surface area contributed by atoms with Gasteiger partial charge in [-0.3, -0.25) is 24.1 Å². The van der Waals surface area contributed by atoms with Gasteiger partial charge >= 0.3 is 0 Å². The van der Waals surface area contributed by atoms with Gasteiger partial charge in [0, 0.05) is 11.8 Å². The highest BCUT2D eigenvalue weighted by Gasteiger charge is 2.36. The molecule has 0 aliphatic carbocycles. The maximum absolute atomic E-state index is 13.8. The monoisotopic (exact) mass is 553 g/mol. The molecule has 2 N–H and O–H groups in total. The van der Waals surface area contributed by atoms with Crippen molar-refractivity contribution in [1.82, 2.24) is 4.90 Å². The number of anilines is 2. The highest BCUT2D eigenvalue weighted by atomic mass is 32.2. The van der Waals surface area contributed by atoms with Crippen LogP contribution < -0.4 is 20.1 Å². The summed E-state index contributed by atoms with van der Waals surface area (Å²) in [5, 5.41) is 4.23. The van der Waals surface area contributed by atoms with Crippen molar-refractivity contribution >= 4 is 52.2 Å². The van der Waals surface area contributed by atoms with Crippen LogP contribution in [0.5, 0.6) is 11.5 Å². The second kappa shape index (κ2) is 12.2. The number of amides is 4. The quantitative estimate of drug-likeness (QED) is 0.371. The highest BCUT2D eigenvalue weighted by Crippen LogP contribution is 2.34. The average Bonchev–Trinajstić information content (AvgIpc) is 3.17. The first-order chi connectivity index (χ1) is 18.7. The van der Waals surface area contributed by atoms with Gasteiger partial charge in [0.15, 0.2) is 18.1 Å². The molecule has 1 saturated heterocycles. The van der Waals surface area contributed by atoms with E-state index >= 15 is 0 Å². The van der Waals surface area contributed by atoms with Gasteiger partial charge in [-0.15, -0.1) is 0 Å². The zero-order valence-corrected chi connectivity index (χ0v) is 21.2. The summed E-state index contributed by atoms with van der Waals surface area (Å²) in [5.74, 6) is -3.14. The standard InChI is InChI=1S/C27H21F2N3O6S/c1-37-22-11-16(7-10-21(22)38-15-25(34)30-18-5-3-2-4-6-18)12-23-26(35)32(27(36)39-23)14-24(33)31-20-9-8-17(28)13-19(20)29/h2-13H,14-15H2,1H3,(H,30,34)(H,31,33)/b23-12-. The minimum absolute atomic E-state index is 0.0544. The van der Waals surface area contributed by atoms with Crippen LogP contribution in [0.1, 0.15) is 5.56 Å². The fourth-order valence-electron chi connectivity index (χ4n) is 3.47. The molecule has 0 aromatic heterocycles. The number of halogens is 2. The maximum atomic E-state index is 13.8. The summed E-state index contributed by atoms with van der Waals surface area (Å²) in [6, 6.07) is 16.2. The number of thioether (sulfide) groups is 1. The summed E-state index contributed by atoms with van der Waals surface area (Å²) < 4.78 is 37.8. The SMILES string of the molecule is COc1cc(/C=C2\SC(=O)N(CC(=O)Nc3ccc(F)cc3F)C2=O)ccc1OCC(=O)Nc1ccccc1. The van der Waals surface area contributed by atoms with Gasteiger partial charge in [0.2, 0.25) is 5.91 Å². The molecular weight excluding hydrogens is 532 g/mol. The molecule has 12 heteroatoms. The number of para-hydroxylation sites is 1. The molecule has 1 heterocycles. The summed E-state index contributed by atoms with van der Waals surface area (Å²) in [6.45, 7) is -0.923. The number of hydrogen-bond donors (Lipinski definition) is 2. The first-order valence-electron chi connectivity index (χ1n) is 11.4. The summed E-state index contributed by atoms with van der Waals surface area (Å²) in [4.78, 5) is 50.4. The average molecular weight is 554 g/mol. The highest BCUT2D eigenvalue weighted by molar-refractivity contribution is 8.18. The van der Waals surface area contributed by atoms with E-state index in [9.17, 15) is 28.0 Å². The smallest absolute Gasteiger partial charge is 0.294 e. The van der Waals surface area contributed by atoms with Crippen LogP contribution in [-0.4, -0.2) is 48.1 Å². The molecule has 9 nitrogen and oxygen atoms in total. The fraction of sp³-hybridized carbons (Fsp3) is 0.111. The van der Waals surface area contributed by atoms with Crippen LogP contribution in [0, 0.1) is 11.6 Å². The van der Waals surface area contributed by atoms with Crippen molar-refractivity contribution in [3.05, 3.63) is 88.8 Å². The number of carbonyl (C=O) groups excluding carboxylic acids is 4. The summed E-state index contributed by atoms with van der Waals surface area (Å²) in [5.41, 5.74) is 0.842. The molecule has 0 unspecified atom stereocenters. The Kier molecular flexibility index (Phi) is 8.56. The van der Waals surface area contributed by atoms with Crippen molar-refractivity contribution < 1.29 is 37.4 Å². The molecule has 0 bridgehead atoms. The molecule has 39 heavy (non-hydrogen) atoms. The minimum Gasteiger partial charge on any atom is -0.493 e. The lowest BCUT2D eigenvalue weighted by atomic mass is 10.2. The van der Waals surface area contributed by atoms with E-state index in [1.54, 1.807) is 42.5 Å². The number of carbonyl (C=O) groups is 4. The van der Waals surface area contributed by atoms with Crippen LogP contribution >= 0.6 is 11.8 Å². The minimum atomic E-state index is -0.990. The predicted molar refractivity (Wildman–Crippen MR) is 141 cm³/mol. The van der Waals surface area contributed by atoms with Gasteiger partial charge in [-0.1, -0.05) is 24.3 Å². The normalized spacial score (nSPS) is 13.9. The number of hydrogen-bond acceptors (Lipinski definition) is 7. The van der Waals surface area contributed by atoms with E-state index in [1.165, 1.54) is 13.2 Å². The molecule has 4 rings (SSSR count). The third-order valence-corrected chi connectivity index (χ3v) is 6.19. The molecule has 1 aliphatic heterocycles. The summed E-state index contributed by atoms with van der Waals surface area (Å²) in [6.07, 6.45) is 1.44. The van der Waals surface area contributed by atoms with Crippen molar-refractivity contribution in [3.63, 3.8) is 0 Å². The molecule has 0 radical (unpaired) electrons. The molecule has 0 spiro atoms. The largest absolute Gasteiger partial charge is 0.493 e. The zero-order valence-electron chi connectivity index (χ0n) is 20.4. The molecule has 3 aromatic carbocycles. The van der Waals surface area contributed by atoms with Gasteiger partial charge in [-0.25, -0.2) is 8.78 Å². The van der Waals surface area contributed by atoms with Crippen LogP contribution in [0.25, 0.3) is 6.08 Å². The van der Waals surface area contributed by atoms with Crippen LogP contribution in [0.15, 0.2) is 71.6 Å². The van der Waals surface area contributed by atoms with Crippen molar-refractivity contribution in [1.29, 1.82) is 0 Å².